The quantitative estimate of drug-likeness (QED) is 0.736. The molecule has 0 atom stereocenters. The summed E-state index contributed by atoms with van der Waals surface area (Å²) >= 11 is 0. The van der Waals surface area contributed by atoms with Crippen molar-refractivity contribution in [3.8, 4) is 0 Å². The van der Waals surface area contributed by atoms with Gasteiger partial charge >= 0.3 is 0 Å². The van der Waals surface area contributed by atoms with Crippen LogP contribution < -0.4 is 5.32 Å². The Kier molecular flexibility index (Phi) is 3.53. The molecule has 3 nitrogen and oxygen atoms in total. The highest BCUT2D eigenvalue weighted by Crippen LogP contribution is 2.38. The highest BCUT2D eigenvalue weighted by Gasteiger charge is 2.43. The van der Waals surface area contributed by atoms with Crippen molar-refractivity contribution >= 4 is 5.91 Å². The molecule has 1 N–H and O–H groups in total. The van der Waals surface area contributed by atoms with Gasteiger partial charge in [-0.25, -0.2) is 0 Å². The maximum absolute atomic E-state index is 12.6. The number of hydrogen-bond donors (Lipinski definition) is 1. The van der Waals surface area contributed by atoms with E-state index < -0.39 is 0 Å². The summed E-state index contributed by atoms with van der Waals surface area (Å²) in [6, 6.07) is 0.339. The summed E-state index contributed by atoms with van der Waals surface area (Å²) in [5.74, 6) is 0.409. The van der Waals surface area contributed by atoms with Gasteiger partial charge in [0.1, 0.15) is 0 Å². The molecule has 2 rings (SSSR count). The Bertz CT molecular complexity index is 257. The lowest BCUT2D eigenvalue weighted by Gasteiger charge is -2.39. The summed E-state index contributed by atoms with van der Waals surface area (Å²) in [7, 11) is 0. The number of carbonyl (C=O) groups excluding carboxylic acids is 1. The van der Waals surface area contributed by atoms with Gasteiger partial charge in [0.15, 0.2) is 0 Å². The number of hydrogen-bond acceptors (Lipinski definition) is 2. The summed E-state index contributed by atoms with van der Waals surface area (Å²) in [6.45, 7) is 6.97. The van der Waals surface area contributed by atoms with Crippen LogP contribution in [0.4, 0.5) is 0 Å². The van der Waals surface area contributed by atoms with Gasteiger partial charge < -0.3 is 10.2 Å². The van der Waals surface area contributed by atoms with Crippen LogP contribution in [0.1, 0.15) is 46.0 Å². The maximum atomic E-state index is 12.6. The van der Waals surface area contributed by atoms with Gasteiger partial charge in [0.2, 0.25) is 5.91 Å². The van der Waals surface area contributed by atoms with Crippen molar-refractivity contribution in [2.24, 2.45) is 5.41 Å². The van der Waals surface area contributed by atoms with Crippen molar-refractivity contribution in [2.45, 2.75) is 52.0 Å². The van der Waals surface area contributed by atoms with Crippen molar-refractivity contribution in [1.82, 2.24) is 10.2 Å². The fourth-order valence-corrected chi connectivity index (χ4v) is 3.12. The van der Waals surface area contributed by atoms with E-state index in [2.05, 4.69) is 24.1 Å². The first-order valence-corrected chi connectivity index (χ1v) is 6.67. The first-order chi connectivity index (χ1) is 7.66. The highest BCUT2D eigenvalue weighted by atomic mass is 16.2. The van der Waals surface area contributed by atoms with E-state index in [-0.39, 0.29) is 5.41 Å². The standard InChI is InChI=1S/C13H24N2O/c1-11(2)15-9-8-14-10-13(12(15)16)6-4-3-5-7-13/h11,14H,3-10H2,1-2H3. The SMILES string of the molecule is CC(C)N1CCNCC2(CCCCC2)C1=O. The number of carbonyl (C=O) groups is 1. The molecule has 0 bridgehead atoms. The molecular formula is C13H24N2O. The molecule has 1 spiro atoms. The molecule has 0 aromatic carbocycles. The van der Waals surface area contributed by atoms with Crippen molar-refractivity contribution in [1.29, 1.82) is 0 Å². The van der Waals surface area contributed by atoms with Gasteiger partial charge in [-0.15, -0.1) is 0 Å². The third-order valence-corrected chi connectivity index (χ3v) is 4.14. The van der Waals surface area contributed by atoms with E-state index in [0.717, 1.165) is 32.5 Å². The molecule has 1 saturated heterocycles. The van der Waals surface area contributed by atoms with Crippen molar-refractivity contribution in [3.05, 3.63) is 0 Å². The second-order valence-electron chi connectivity index (χ2n) is 5.61. The predicted molar refractivity (Wildman–Crippen MR) is 65.2 cm³/mol. The van der Waals surface area contributed by atoms with Gasteiger partial charge in [-0.05, 0) is 26.7 Å². The van der Waals surface area contributed by atoms with Crippen LogP contribution in [0.15, 0.2) is 0 Å². The largest absolute Gasteiger partial charge is 0.338 e. The second kappa shape index (κ2) is 4.74. The zero-order chi connectivity index (χ0) is 11.6. The van der Waals surface area contributed by atoms with Crippen LogP contribution in [0.25, 0.3) is 0 Å². The topological polar surface area (TPSA) is 32.3 Å². The van der Waals surface area contributed by atoms with Crippen LogP contribution in [0.5, 0.6) is 0 Å². The van der Waals surface area contributed by atoms with Crippen molar-refractivity contribution in [2.75, 3.05) is 19.6 Å². The van der Waals surface area contributed by atoms with E-state index in [4.69, 9.17) is 0 Å². The molecule has 2 fully saturated rings. The first-order valence-electron chi connectivity index (χ1n) is 6.67. The molecule has 0 radical (unpaired) electrons. The molecule has 1 aliphatic heterocycles. The van der Waals surface area contributed by atoms with Crippen molar-refractivity contribution in [3.63, 3.8) is 0 Å². The molecule has 16 heavy (non-hydrogen) atoms. The number of amides is 1. The Morgan fingerprint density at radius 3 is 2.56 bits per heavy atom. The summed E-state index contributed by atoms with van der Waals surface area (Å²) < 4.78 is 0. The third-order valence-electron chi connectivity index (χ3n) is 4.14. The normalized spacial score (nSPS) is 26.2. The molecule has 1 aliphatic carbocycles. The van der Waals surface area contributed by atoms with Gasteiger partial charge in [-0.3, -0.25) is 4.79 Å². The fraction of sp³-hybridized carbons (Fsp3) is 0.923. The Morgan fingerprint density at radius 1 is 1.25 bits per heavy atom. The molecule has 1 heterocycles. The molecule has 0 aromatic rings. The Balaban J connectivity index is 2.19. The third kappa shape index (κ3) is 2.10. The molecule has 2 aliphatic rings. The van der Waals surface area contributed by atoms with Gasteiger partial charge in [0, 0.05) is 25.7 Å². The Labute approximate surface area is 98.6 Å². The lowest BCUT2D eigenvalue weighted by molar-refractivity contribution is -0.144. The predicted octanol–water partition coefficient (Wildman–Crippen LogP) is 1.78. The second-order valence-corrected chi connectivity index (χ2v) is 5.61. The summed E-state index contributed by atoms with van der Waals surface area (Å²) in [6.07, 6.45) is 5.92. The smallest absolute Gasteiger partial charge is 0.230 e. The summed E-state index contributed by atoms with van der Waals surface area (Å²) in [4.78, 5) is 14.7. The molecule has 0 unspecified atom stereocenters. The summed E-state index contributed by atoms with van der Waals surface area (Å²) in [5.41, 5.74) is -0.0704. The molecule has 92 valence electrons. The number of rotatable bonds is 1. The molecule has 0 aromatic heterocycles. The van der Waals surface area contributed by atoms with Crippen molar-refractivity contribution < 1.29 is 4.79 Å². The zero-order valence-corrected chi connectivity index (χ0v) is 10.6. The van der Waals surface area contributed by atoms with Crippen LogP contribution in [-0.2, 0) is 4.79 Å². The average Bonchev–Trinajstić information content (AvgIpc) is 2.42. The molecule has 1 amide bonds. The van der Waals surface area contributed by atoms with Gasteiger partial charge in [0.05, 0.1) is 5.41 Å². The van der Waals surface area contributed by atoms with Gasteiger partial charge in [-0.1, -0.05) is 19.3 Å². The van der Waals surface area contributed by atoms with E-state index in [9.17, 15) is 4.79 Å². The number of nitrogens with zero attached hydrogens (tertiary/aromatic N) is 1. The fourth-order valence-electron chi connectivity index (χ4n) is 3.12. The lowest BCUT2D eigenvalue weighted by Crippen LogP contribution is -2.48. The van der Waals surface area contributed by atoms with E-state index in [0.29, 0.717) is 11.9 Å². The van der Waals surface area contributed by atoms with Gasteiger partial charge in [0.25, 0.3) is 0 Å². The number of nitrogens with one attached hydrogen (secondary N) is 1. The van der Waals surface area contributed by atoms with E-state index in [1.807, 2.05) is 0 Å². The summed E-state index contributed by atoms with van der Waals surface area (Å²) in [5, 5.41) is 3.46. The van der Waals surface area contributed by atoms with Crippen LogP contribution in [-0.4, -0.2) is 36.5 Å². The Hall–Kier alpha value is -0.570. The van der Waals surface area contributed by atoms with Gasteiger partial charge in [-0.2, -0.15) is 0 Å². The average molecular weight is 224 g/mol. The minimum Gasteiger partial charge on any atom is -0.338 e. The Morgan fingerprint density at radius 2 is 1.94 bits per heavy atom. The highest BCUT2D eigenvalue weighted by molar-refractivity contribution is 5.83. The minimum absolute atomic E-state index is 0.0704. The van der Waals surface area contributed by atoms with E-state index in [1.165, 1.54) is 19.3 Å². The molecule has 1 saturated carbocycles. The maximum Gasteiger partial charge on any atom is 0.230 e. The minimum atomic E-state index is -0.0704. The monoisotopic (exact) mass is 224 g/mol. The first kappa shape index (κ1) is 11.9. The lowest BCUT2D eigenvalue weighted by atomic mass is 9.73. The van der Waals surface area contributed by atoms with Crippen LogP contribution in [0.2, 0.25) is 0 Å². The van der Waals surface area contributed by atoms with Crippen LogP contribution in [0.3, 0.4) is 0 Å². The molecule has 3 heteroatoms. The van der Waals surface area contributed by atoms with Crippen LogP contribution >= 0.6 is 0 Å². The molecular weight excluding hydrogens is 200 g/mol. The van der Waals surface area contributed by atoms with E-state index in [1.54, 1.807) is 0 Å². The van der Waals surface area contributed by atoms with Crippen LogP contribution in [0, 0.1) is 5.41 Å². The zero-order valence-electron chi connectivity index (χ0n) is 10.6. The van der Waals surface area contributed by atoms with E-state index >= 15 is 0 Å².